The van der Waals surface area contributed by atoms with Gasteiger partial charge in [0.15, 0.2) is 17.2 Å². The minimum Gasteiger partial charge on any atom is -0.486 e. The molecule has 8 heteroatoms. The summed E-state index contributed by atoms with van der Waals surface area (Å²) in [7, 11) is 0. The Balaban J connectivity index is 1.64. The lowest BCUT2D eigenvalue weighted by molar-refractivity contribution is 0.0945. The zero-order chi connectivity index (χ0) is 20.5. The van der Waals surface area contributed by atoms with Crippen molar-refractivity contribution < 1.29 is 14.3 Å². The summed E-state index contributed by atoms with van der Waals surface area (Å²) in [4.78, 5) is 25.5. The Labute approximate surface area is 172 Å². The lowest BCUT2D eigenvalue weighted by atomic mass is 10.1. The Bertz CT molecular complexity index is 1160. The fourth-order valence-corrected chi connectivity index (χ4v) is 3.54. The van der Waals surface area contributed by atoms with Gasteiger partial charge in [-0.05, 0) is 37.6 Å². The second kappa shape index (κ2) is 7.75. The van der Waals surface area contributed by atoms with Crippen LogP contribution in [0.1, 0.15) is 35.9 Å². The largest absolute Gasteiger partial charge is 0.486 e. The molecule has 0 fully saturated rings. The topological polar surface area (TPSA) is 82.5 Å². The first-order valence-corrected chi connectivity index (χ1v) is 9.71. The van der Waals surface area contributed by atoms with Gasteiger partial charge in [0.2, 0.25) is 0 Å². The maximum atomic E-state index is 12.9. The van der Waals surface area contributed by atoms with E-state index in [-0.39, 0.29) is 29.7 Å². The molecule has 0 saturated carbocycles. The monoisotopic (exact) mass is 413 g/mol. The molecule has 2 heterocycles. The molecule has 0 atom stereocenters. The highest BCUT2D eigenvalue weighted by atomic mass is 35.5. The van der Waals surface area contributed by atoms with Crippen LogP contribution in [0, 0.1) is 0 Å². The number of ether oxygens (including phenoxy) is 2. The van der Waals surface area contributed by atoms with E-state index in [0.717, 1.165) is 5.56 Å². The highest BCUT2D eigenvalue weighted by Gasteiger charge is 2.19. The minimum atomic E-state index is -0.374. The predicted octanol–water partition coefficient (Wildman–Crippen LogP) is 3.33. The number of fused-ring (bicyclic) bond motifs is 2. The summed E-state index contributed by atoms with van der Waals surface area (Å²) in [6.45, 7) is 4.83. The SMILES string of the molecule is CC(C)n1nc(C(=O)NCc2cc(Cl)c3c(c2)OCCO3)c2ccccc2c1=O. The van der Waals surface area contributed by atoms with E-state index in [4.69, 9.17) is 21.1 Å². The van der Waals surface area contributed by atoms with Crippen LogP contribution in [0.2, 0.25) is 5.02 Å². The average molecular weight is 414 g/mol. The van der Waals surface area contributed by atoms with Crippen LogP contribution in [0.25, 0.3) is 10.8 Å². The van der Waals surface area contributed by atoms with Gasteiger partial charge >= 0.3 is 0 Å². The normalized spacial score (nSPS) is 13.0. The number of rotatable bonds is 4. The second-order valence-corrected chi connectivity index (χ2v) is 7.43. The van der Waals surface area contributed by atoms with E-state index in [1.54, 1.807) is 36.4 Å². The molecule has 0 saturated heterocycles. The Morgan fingerprint density at radius 2 is 1.93 bits per heavy atom. The molecule has 0 unspecified atom stereocenters. The summed E-state index contributed by atoms with van der Waals surface area (Å²) in [6.07, 6.45) is 0. The number of halogens is 1. The second-order valence-electron chi connectivity index (χ2n) is 7.02. The number of amides is 1. The van der Waals surface area contributed by atoms with Gasteiger partial charge in [-0.15, -0.1) is 0 Å². The van der Waals surface area contributed by atoms with Crippen LogP contribution in [0.3, 0.4) is 0 Å². The van der Waals surface area contributed by atoms with Crippen LogP contribution < -0.4 is 20.3 Å². The number of benzene rings is 2. The summed E-state index contributed by atoms with van der Waals surface area (Å²) in [6, 6.07) is 10.3. The van der Waals surface area contributed by atoms with Gasteiger partial charge in [-0.1, -0.05) is 29.8 Å². The maximum absolute atomic E-state index is 12.9. The van der Waals surface area contributed by atoms with Crippen molar-refractivity contribution in [3.8, 4) is 11.5 Å². The first-order chi connectivity index (χ1) is 14.0. The van der Waals surface area contributed by atoms with Crippen LogP contribution in [-0.2, 0) is 6.54 Å². The van der Waals surface area contributed by atoms with E-state index in [1.807, 2.05) is 13.8 Å². The van der Waals surface area contributed by atoms with E-state index in [2.05, 4.69) is 10.4 Å². The predicted molar refractivity (Wildman–Crippen MR) is 110 cm³/mol. The maximum Gasteiger partial charge on any atom is 0.274 e. The molecule has 1 aromatic heterocycles. The molecule has 7 nitrogen and oxygen atoms in total. The van der Waals surface area contributed by atoms with Gasteiger partial charge in [-0.3, -0.25) is 9.59 Å². The molecule has 1 amide bonds. The zero-order valence-electron chi connectivity index (χ0n) is 16.1. The van der Waals surface area contributed by atoms with Crippen molar-refractivity contribution >= 4 is 28.3 Å². The molecule has 0 aliphatic carbocycles. The van der Waals surface area contributed by atoms with Crippen molar-refractivity contribution in [1.82, 2.24) is 15.1 Å². The third-order valence-corrected chi connectivity index (χ3v) is 4.92. The van der Waals surface area contributed by atoms with Crippen molar-refractivity contribution in [3.05, 3.63) is 63.0 Å². The summed E-state index contributed by atoms with van der Waals surface area (Å²) < 4.78 is 12.4. The number of carbonyl (C=O) groups excluding carboxylic acids is 1. The van der Waals surface area contributed by atoms with Crippen molar-refractivity contribution in [2.24, 2.45) is 0 Å². The van der Waals surface area contributed by atoms with Gasteiger partial charge in [-0.2, -0.15) is 5.10 Å². The van der Waals surface area contributed by atoms with E-state index in [0.29, 0.717) is 40.5 Å². The standard InChI is InChI=1S/C21H20ClN3O4/c1-12(2)25-21(27)15-6-4-3-5-14(15)18(24-25)20(26)23-11-13-9-16(22)19-17(10-13)28-7-8-29-19/h3-6,9-10,12H,7-8,11H2,1-2H3,(H,23,26). The fourth-order valence-electron chi connectivity index (χ4n) is 3.26. The van der Waals surface area contributed by atoms with Crippen molar-refractivity contribution in [2.45, 2.75) is 26.4 Å². The van der Waals surface area contributed by atoms with E-state index in [9.17, 15) is 9.59 Å². The van der Waals surface area contributed by atoms with E-state index < -0.39 is 0 Å². The molecular formula is C21H20ClN3O4. The molecule has 0 spiro atoms. The van der Waals surface area contributed by atoms with Crippen LogP contribution in [-0.4, -0.2) is 28.9 Å². The van der Waals surface area contributed by atoms with Crippen LogP contribution in [0.5, 0.6) is 11.5 Å². The molecule has 150 valence electrons. The average Bonchev–Trinajstić information content (AvgIpc) is 2.72. The lowest BCUT2D eigenvalue weighted by Gasteiger charge is -2.20. The molecule has 1 N–H and O–H groups in total. The van der Waals surface area contributed by atoms with Gasteiger partial charge in [0.1, 0.15) is 13.2 Å². The molecule has 29 heavy (non-hydrogen) atoms. The molecule has 1 aliphatic heterocycles. The number of aromatic nitrogens is 2. The van der Waals surface area contributed by atoms with Gasteiger partial charge < -0.3 is 14.8 Å². The molecule has 2 aromatic carbocycles. The van der Waals surface area contributed by atoms with E-state index >= 15 is 0 Å². The van der Waals surface area contributed by atoms with Crippen LogP contribution >= 0.6 is 11.6 Å². The van der Waals surface area contributed by atoms with Gasteiger partial charge in [0.05, 0.1) is 16.5 Å². The summed E-state index contributed by atoms with van der Waals surface area (Å²) >= 11 is 6.26. The molecule has 0 bridgehead atoms. The van der Waals surface area contributed by atoms with Crippen LogP contribution in [0.15, 0.2) is 41.2 Å². The van der Waals surface area contributed by atoms with Crippen molar-refractivity contribution in [2.75, 3.05) is 13.2 Å². The number of hydrogen-bond acceptors (Lipinski definition) is 5. The summed E-state index contributed by atoms with van der Waals surface area (Å²) in [5.74, 6) is 0.705. The molecular weight excluding hydrogens is 394 g/mol. The molecule has 0 radical (unpaired) electrons. The third kappa shape index (κ3) is 3.65. The van der Waals surface area contributed by atoms with Gasteiger partial charge in [0.25, 0.3) is 11.5 Å². The first kappa shape index (κ1) is 19.3. The van der Waals surface area contributed by atoms with Crippen molar-refractivity contribution in [1.29, 1.82) is 0 Å². The molecule has 1 aliphatic rings. The summed E-state index contributed by atoms with van der Waals surface area (Å²) in [5, 5.41) is 8.59. The quantitative estimate of drug-likeness (QED) is 0.709. The number of hydrogen-bond donors (Lipinski definition) is 1. The molecule has 4 rings (SSSR count). The third-order valence-electron chi connectivity index (χ3n) is 4.64. The van der Waals surface area contributed by atoms with Gasteiger partial charge in [-0.25, -0.2) is 4.68 Å². The highest BCUT2D eigenvalue weighted by molar-refractivity contribution is 6.32. The smallest absolute Gasteiger partial charge is 0.274 e. The fraction of sp³-hybridized carbons (Fsp3) is 0.286. The molecule has 3 aromatic rings. The first-order valence-electron chi connectivity index (χ1n) is 9.33. The van der Waals surface area contributed by atoms with E-state index in [1.165, 1.54) is 4.68 Å². The Morgan fingerprint density at radius 3 is 2.69 bits per heavy atom. The lowest BCUT2D eigenvalue weighted by Crippen LogP contribution is -2.31. The van der Waals surface area contributed by atoms with Crippen molar-refractivity contribution in [3.63, 3.8) is 0 Å². The Morgan fingerprint density at radius 1 is 1.21 bits per heavy atom. The summed E-state index contributed by atoms with van der Waals surface area (Å²) in [5.41, 5.74) is 0.761. The highest BCUT2D eigenvalue weighted by Crippen LogP contribution is 2.38. The number of nitrogens with one attached hydrogen (secondary N) is 1. The zero-order valence-corrected chi connectivity index (χ0v) is 16.8. The number of nitrogens with zero attached hydrogens (tertiary/aromatic N) is 2. The Kier molecular flexibility index (Phi) is 5.15. The van der Waals surface area contributed by atoms with Crippen LogP contribution in [0.4, 0.5) is 0 Å². The minimum absolute atomic E-state index is 0.171. The van der Waals surface area contributed by atoms with Gasteiger partial charge in [0, 0.05) is 11.9 Å². The number of carbonyl (C=O) groups is 1. The Hall–Kier alpha value is -3.06.